The zero-order chi connectivity index (χ0) is 29.4. The quantitative estimate of drug-likeness (QED) is 0.0585. The van der Waals surface area contributed by atoms with Crippen LogP contribution in [0.25, 0.3) is 0 Å². The lowest BCUT2D eigenvalue weighted by Gasteiger charge is -2.28. The van der Waals surface area contributed by atoms with Crippen molar-refractivity contribution in [3.8, 4) is 0 Å². The van der Waals surface area contributed by atoms with Crippen LogP contribution in [0.4, 0.5) is 0 Å². The Kier molecular flexibility index (Phi) is 32.5. The van der Waals surface area contributed by atoms with E-state index in [9.17, 15) is 4.79 Å². The van der Waals surface area contributed by atoms with Crippen LogP contribution in [-0.2, 0) is 9.53 Å². The maximum absolute atomic E-state index is 13.0. The van der Waals surface area contributed by atoms with Gasteiger partial charge in [0.2, 0.25) is 0 Å². The van der Waals surface area contributed by atoms with Crippen molar-refractivity contribution in [2.75, 3.05) is 0 Å². The second-order valence-corrected chi connectivity index (χ2v) is 13.0. The molecule has 0 spiro atoms. The second kappa shape index (κ2) is 33.0. The standard InChI is InChI=1S/C38H76O2/c1-5-9-13-17-19-20-21-22-23-24-25-27-31-35-38(39)40-37(34-30-16-12-8-4)36(32-28-15-11-7-3)33-29-26-18-14-10-6-2/h36-37H,5-35H2,1-4H3. The molecule has 0 heterocycles. The van der Waals surface area contributed by atoms with E-state index in [0.717, 1.165) is 12.8 Å². The maximum Gasteiger partial charge on any atom is 0.306 e. The predicted octanol–water partition coefficient (Wildman–Crippen LogP) is 13.7. The summed E-state index contributed by atoms with van der Waals surface area (Å²) >= 11 is 0. The Labute approximate surface area is 254 Å². The van der Waals surface area contributed by atoms with Crippen molar-refractivity contribution in [2.45, 2.75) is 233 Å². The highest BCUT2D eigenvalue weighted by Crippen LogP contribution is 2.28. The number of hydrogen-bond donors (Lipinski definition) is 0. The van der Waals surface area contributed by atoms with Crippen LogP contribution in [0.15, 0.2) is 0 Å². The number of esters is 1. The van der Waals surface area contributed by atoms with Crippen LogP contribution in [0.3, 0.4) is 0 Å². The zero-order valence-electron chi connectivity index (χ0n) is 28.4. The lowest BCUT2D eigenvalue weighted by molar-refractivity contribution is -0.153. The van der Waals surface area contributed by atoms with Gasteiger partial charge in [0.25, 0.3) is 0 Å². The molecule has 0 bridgehead atoms. The Hall–Kier alpha value is -0.530. The topological polar surface area (TPSA) is 26.3 Å². The number of rotatable bonds is 33. The molecule has 2 heteroatoms. The third kappa shape index (κ3) is 27.6. The molecule has 2 nitrogen and oxygen atoms in total. The van der Waals surface area contributed by atoms with Crippen LogP contribution in [0.1, 0.15) is 227 Å². The van der Waals surface area contributed by atoms with Gasteiger partial charge in [0.1, 0.15) is 6.10 Å². The van der Waals surface area contributed by atoms with Crippen molar-refractivity contribution in [3.63, 3.8) is 0 Å². The SMILES string of the molecule is CCCCCCCCCCCCCCCC(=O)OC(CCCCCC)C(CCCCCC)CCCCCCCC. The Morgan fingerprint density at radius 1 is 0.400 bits per heavy atom. The third-order valence-electron chi connectivity index (χ3n) is 8.99. The minimum atomic E-state index is 0.0880. The molecule has 0 saturated heterocycles. The lowest BCUT2D eigenvalue weighted by Crippen LogP contribution is -2.27. The van der Waals surface area contributed by atoms with Crippen molar-refractivity contribution in [2.24, 2.45) is 5.92 Å². The van der Waals surface area contributed by atoms with E-state index >= 15 is 0 Å². The largest absolute Gasteiger partial charge is 0.462 e. The van der Waals surface area contributed by atoms with Crippen molar-refractivity contribution >= 4 is 5.97 Å². The van der Waals surface area contributed by atoms with Crippen molar-refractivity contribution in [1.29, 1.82) is 0 Å². The fourth-order valence-electron chi connectivity index (χ4n) is 6.21. The van der Waals surface area contributed by atoms with Gasteiger partial charge in [-0.1, -0.05) is 188 Å². The Bertz CT molecular complexity index is 488. The Morgan fingerprint density at radius 2 is 0.700 bits per heavy atom. The van der Waals surface area contributed by atoms with Gasteiger partial charge in [0.15, 0.2) is 0 Å². The summed E-state index contributed by atoms with van der Waals surface area (Å²) in [7, 11) is 0. The van der Waals surface area contributed by atoms with E-state index in [1.54, 1.807) is 0 Å². The number of carbonyl (C=O) groups excluding carboxylic acids is 1. The van der Waals surface area contributed by atoms with Crippen molar-refractivity contribution in [1.82, 2.24) is 0 Å². The van der Waals surface area contributed by atoms with Crippen LogP contribution in [0.5, 0.6) is 0 Å². The zero-order valence-corrected chi connectivity index (χ0v) is 28.4. The number of carbonyl (C=O) groups is 1. The lowest BCUT2D eigenvalue weighted by atomic mass is 9.87. The van der Waals surface area contributed by atoms with Crippen LogP contribution < -0.4 is 0 Å². The molecule has 240 valence electrons. The van der Waals surface area contributed by atoms with E-state index in [-0.39, 0.29) is 12.1 Å². The van der Waals surface area contributed by atoms with Gasteiger partial charge in [0.05, 0.1) is 0 Å². The molecule has 0 amide bonds. The average Bonchev–Trinajstić information content (AvgIpc) is 2.96. The van der Waals surface area contributed by atoms with Crippen molar-refractivity contribution in [3.05, 3.63) is 0 Å². The highest BCUT2D eigenvalue weighted by molar-refractivity contribution is 5.69. The third-order valence-corrected chi connectivity index (χ3v) is 8.99. The van der Waals surface area contributed by atoms with Gasteiger partial charge in [-0.15, -0.1) is 0 Å². The molecule has 0 N–H and O–H groups in total. The molecular formula is C38H76O2. The molecule has 0 aliphatic carbocycles. The van der Waals surface area contributed by atoms with E-state index < -0.39 is 0 Å². The highest BCUT2D eigenvalue weighted by atomic mass is 16.5. The first kappa shape index (κ1) is 39.5. The highest BCUT2D eigenvalue weighted by Gasteiger charge is 2.24. The molecule has 0 fully saturated rings. The first-order valence-electron chi connectivity index (χ1n) is 18.9. The molecule has 40 heavy (non-hydrogen) atoms. The summed E-state index contributed by atoms with van der Waals surface area (Å²) in [6, 6.07) is 0. The molecule has 0 saturated carbocycles. The molecular weight excluding hydrogens is 488 g/mol. The predicted molar refractivity (Wildman–Crippen MR) is 179 cm³/mol. The fraction of sp³-hybridized carbons (Fsp3) is 0.974. The van der Waals surface area contributed by atoms with E-state index in [1.807, 2.05) is 0 Å². The number of hydrogen-bond acceptors (Lipinski definition) is 2. The summed E-state index contributed by atoms with van der Waals surface area (Å²) in [5.74, 6) is 0.658. The Morgan fingerprint density at radius 3 is 1.10 bits per heavy atom. The smallest absolute Gasteiger partial charge is 0.306 e. The van der Waals surface area contributed by atoms with Crippen molar-refractivity contribution < 1.29 is 9.53 Å². The van der Waals surface area contributed by atoms with Crippen LogP contribution >= 0.6 is 0 Å². The monoisotopic (exact) mass is 565 g/mol. The molecule has 0 aliphatic rings. The minimum absolute atomic E-state index is 0.0880. The summed E-state index contributed by atoms with van der Waals surface area (Å²) < 4.78 is 6.31. The van der Waals surface area contributed by atoms with E-state index in [1.165, 1.54) is 180 Å². The number of ether oxygens (including phenoxy) is 1. The minimum Gasteiger partial charge on any atom is -0.462 e. The van der Waals surface area contributed by atoms with Crippen LogP contribution in [-0.4, -0.2) is 12.1 Å². The summed E-state index contributed by atoms with van der Waals surface area (Å²) in [5, 5.41) is 0. The molecule has 0 aromatic carbocycles. The average molecular weight is 565 g/mol. The van der Waals surface area contributed by atoms with Gasteiger partial charge in [-0.25, -0.2) is 0 Å². The summed E-state index contributed by atoms with van der Waals surface area (Å²) in [5.41, 5.74) is 0. The van der Waals surface area contributed by atoms with Gasteiger partial charge < -0.3 is 4.74 Å². The van der Waals surface area contributed by atoms with Gasteiger partial charge in [-0.3, -0.25) is 4.79 Å². The molecule has 0 rings (SSSR count). The van der Waals surface area contributed by atoms with Crippen LogP contribution in [0, 0.1) is 5.92 Å². The molecule has 0 aliphatic heterocycles. The van der Waals surface area contributed by atoms with Gasteiger partial charge in [0, 0.05) is 6.42 Å². The fourth-order valence-corrected chi connectivity index (χ4v) is 6.21. The van der Waals surface area contributed by atoms with Gasteiger partial charge in [-0.2, -0.15) is 0 Å². The van der Waals surface area contributed by atoms with E-state index in [2.05, 4.69) is 27.7 Å². The summed E-state index contributed by atoms with van der Waals surface area (Å²) in [6.07, 6.45) is 40.3. The normalized spacial score (nSPS) is 13.0. The van der Waals surface area contributed by atoms with E-state index in [0.29, 0.717) is 12.3 Å². The molecule has 0 radical (unpaired) electrons. The molecule has 2 unspecified atom stereocenters. The second-order valence-electron chi connectivity index (χ2n) is 13.0. The van der Waals surface area contributed by atoms with Gasteiger partial charge in [-0.05, 0) is 38.0 Å². The van der Waals surface area contributed by atoms with E-state index in [4.69, 9.17) is 4.74 Å². The molecule has 2 atom stereocenters. The van der Waals surface area contributed by atoms with Crippen LogP contribution in [0.2, 0.25) is 0 Å². The first-order valence-corrected chi connectivity index (χ1v) is 18.9. The van der Waals surface area contributed by atoms with Gasteiger partial charge >= 0.3 is 5.97 Å². The first-order chi connectivity index (χ1) is 19.7. The number of unbranched alkanes of at least 4 members (excludes halogenated alkanes) is 23. The molecule has 0 aromatic heterocycles. The maximum atomic E-state index is 13.0. The summed E-state index contributed by atoms with van der Waals surface area (Å²) in [6.45, 7) is 9.16. The Balaban J connectivity index is 4.43. The molecule has 0 aromatic rings. The summed E-state index contributed by atoms with van der Waals surface area (Å²) in [4.78, 5) is 13.0.